The topological polar surface area (TPSA) is 52.6 Å². The Morgan fingerprint density at radius 2 is 1.74 bits per heavy atom. The van der Waals surface area contributed by atoms with Gasteiger partial charge in [0.2, 0.25) is 9.05 Å². The second-order valence-electron chi connectivity index (χ2n) is 5.32. The molecule has 0 fully saturated rings. The molecule has 1 aromatic carbocycles. The summed E-state index contributed by atoms with van der Waals surface area (Å²) >= 11 is 6.03. The summed E-state index contributed by atoms with van der Waals surface area (Å²) < 4.78 is 33.5. The van der Waals surface area contributed by atoms with E-state index in [1.807, 2.05) is 13.8 Å². The molecule has 0 radical (unpaired) electrons. The summed E-state index contributed by atoms with van der Waals surface area (Å²) in [5, 5.41) is 0.297. The van der Waals surface area contributed by atoms with E-state index < -0.39 is 9.05 Å². The minimum atomic E-state index is -3.67. The summed E-state index contributed by atoms with van der Waals surface area (Å²) in [6.07, 6.45) is 0. The van der Waals surface area contributed by atoms with Crippen LogP contribution in [0.15, 0.2) is 12.1 Å². The summed E-state index contributed by atoms with van der Waals surface area (Å²) in [6.45, 7) is 5.02. The van der Waals surface area contributed by atoms with Gasteiger partial charge >= 0.3 is 0 Å². The van der Waals surface area contributed by atoms with Crippen molar-refractivity contribution in [2.24, 2.45) is 5.41 Å². The molecule has 1 heterocycles. The Kier molecular flexibility index (Phi) is 3.91. The molecule has 1 aliphatic rings. The SMILES string of the molecule is CC1(C)COc2cc(Cl)c(CS(=O)(=O)Cl)cc2OC1. The third-order valence-corrected chi connectivity index (χ3v) is 4.01. The van der Waals surface area contributed by atoms with Crippen molar-refractivity contribution in [3.8, 4) is 11.5 Å². The van der Waals surface area contributed by atoms with Crippen LogP contribution in [-0.4, -0.2) is 21.6 Å². The molecule has 0 saturated carbocycles. The molecule has 2 rings (SSSR count). The van der Waals surface area contributed by atoms with E-state index in [2.05, 4.69) is 0 Å². The second-order valence-corrected chi connectivity index (χ2v) is 8.50. The van der Waals surface area contributed by atoms with Crippen molar-refractivity contribution in [2.75, 3.05) is 13.2 Å². The maximum absolute atomic E-state index is 11.1. The first-order chi connectivity index (χ1) is 8.66. The Bertz CT molecular complexity index is 596. The lowest BCUT2D eigenvalue weighted by Gasteiger charge is -2.19. The van der Waals surface area contributed by atoms with Gasteiger partial charge in [0.1, 0.15) is 0 Å². The summed E-state index contributed by atoms with van der Waals surface area (Å²) in [6, 6.07) is 3.13. The fourth-order valence-corrected chi connectivity index (χ4v) is 2.95. The third kappa shape index (κ3) is 3.91. The van der Waals surface area contributed by atoms with E-state index in [4.69, 9.17) is 31.8 Å². The zero-order chi connectivity index (χ0) is 14.3. The van der Waals surface area contributed by atoms with E-state index in [1.54, 1.807) is 12.1 Å². The van der Waals surface area contributed by atoms with Crippen molar-refractivity contribution >= 4 is 31.3 Å². The Hall–Kier alpha value is -0.650. The first kappa shape index (κ1) is 14.8. The predicted octanol–water partition coefficient (Wildman–Crippen LogP) is 3.21. The average molecular weight is 325 g/mol. The summed E-state index contributed by atoms with van der Waals surface area (Å²) in [5.74, 6) is 0.671. The number of benzene rings is 1. The Morgan fingerprint density at radius 1 is 1.21 bits per heavy atom. The summed E-state index contributed by atoms with van der Waals surface area (Å²) in [5.41, 5.74) is 0.281. The van der Waals surface area contributed by atoms with E-state index in [0.717, 1.165) is 0 Å². The molecule has 0 spiro atoms. The summed E-state index contributed by atoms with van der Waals surface area (Å²) in [4.78, 5) is 0. The van der Waals surface area contributed by atoms with Gasteiger partial charge in [0.25, 0.3) is 0 Å². The minimum absolute atomic E-state index is 0.121. The van der Waals surface area contributed by atoms with Crippen LogP contribution in [0.5, 0.6) is 11.5 Å². The van der Waals surface area contributed by atoms with Gasteiger partial charge in [0.15, 0.2) is 11.5 Å². The normalized spacial score (nSPS) is 17.9. The molecule has 0 unspecified atom stereocenters. The number of ether oxygens (including phenoxy) is 2. The highest BCUT2D eigenvalue weighted by atomic mass is 35.7. The molecule has 0 aromatic heterocycles. The van der Waals surface area contributed by atoms with Crippen molar-refractivity contribution < 1.29 is 17.9 Å². The number of rotatable bonds is 2. The van der Waals surface area contributed by atoms with E-state index in [1.165, 1.54) is 0 Å². The first-order valence-electron chi connectivity index (χ1n) is 5.67. The largest absolute Gasteiger partial charge is 0.489 e. The van der Waals surface area contributed by atoms with Crippen LogP contribution in [0.4, 0.5) is 0 Å². The van der Waals surface area contributed by atoms with Crippen LogP contribution in [0.1, 0.15) is 19.4 Å². The fraction of sp³-hybridized carbons (Fsp3) is 0.500. The van der Waals surface area contributed by atoms with Gasteiger partial charge in [-0.05, 0) is 11.6 Å². The zero-order valence-corrected chi connectivity index (χ0v) is 12.9. The molecule has 1 aliphatic heterocycles. The van der Waals surface area contributed by atoms with Crippen LogP contribution in [-0.2, 0) is 14.8 Å². The van der Waals surface area contributed by atoms with Crippen molar-refractivity contribution in [3.05, 3.63) is 22.7 Å². The molecule has 4 nitrogen and oxygen atoms in total. The molecule has 19 heavy (non-hydrogen) atoms. The molecule has 7 heteroatoms. The maximum atomic E-state index is 11.1. The van der Waals surface area contributed by atoms with E-state index in [9.17, 15) is 8.42 Å². The molecule has 1 aromatic rings. The van der Waals surface area contributed by atoms with Crippen LogP contribution in [0.3, 0.4) is 0 Å². The molecule has 0 N–H and O–H groups in total. The average Bonchev–Trinajstić information content (AvgIpc) is 2.38. The number of hydrogen-bond donors (Lipinski definition) is 0. The van der Waals surface area contributed by atoms with Gasteiger partial charge in [-0.25, -0.2) is 8.42 Å². The van der Waals surface area contributed by atoms with Gasteiger partial charge in [0, 0.05) is 27.2 Å². The lowest BCUT2D eigenvalue weighted by molar-refractivity contribution is 0.140. The van der Waals surface area contributed by atoms with E-state index in [-0.39, 0.29) is 11.2 Å². The number of halogens is 2. The zero-order valence-electron chi connectivity index (χ0n) is 10.6. The quantitative estimate of drug-likeness (QED) is 0.784. The van der Waals surface area contributed by atoms with Crippen molar-refractivity contribution in [3.63, 3.8) is 0 Å². The van der Waals surface area contributed by atoms with Gasteiger partial charge < -0.3 is 9.47 Å². The Labute approximate surface area is 122 Å². The lowest BCUT2D eigenvalue weighted by Crippen LogP contribution is -2.26. The van der Waals surface area contributed by atoms with Crippen molar-refractivity contribution in [1.29, 1.82) is 0 Å². The van der Waals surface area contributed by atoms with Crippen LogP contribution in [0.25, 0.3) is 0 Å². The van der Waals surface area contributed by atoms with Crippen LogP contribution in [0, 0.1) is 5.41 Å². The summed E-state index contributed by atoms with van der Waals surface area (Å²) in [7, 11) is 1.58. The van der Waals surface area contributed by atoms with Gasteiger partial charge in [0.05, 0.1) is 19.0 Å². The smallest absolute Gasteiger partial charge is 0.236 e. The number of hydrogen-bond acceptors (Lipinski definition) is 4. The first-order valence-corrected chi connectivity index (χ1v) is 8.52. The third-order valence-electron chi connectivity index (χ3n) is 2.68. The molecule has 0 amide bonds. The molecule has 0 bridgehead atoms. The van der Waals surface area contributed by atoms with E-state index >= 15 is 0 Å². The molecular weight excluding hydrogens is 311 g/mol. The van der Waals surface area contributed by atoms with Gasteiger partial charge in [-0.3, -0.25) is 0 Å². The minimum Gasteiger partial charge on any atom is -0.489 e. The molecule has 0 atom stereocenters. The van der Waals surface area contributed by atoms with Crippen LogP contribution in [0.2, 0.25) is 5.02 Å². The van der Waals surface area contributed by atoms with Gasteiger partial charge in [-0.1, -0.05) is 25.4 Å². The molecule has 0 saturated heterocycles. The lowest BCUT2D eigenvalue weighted by atomic mass is 9.97. The maximum Gasteiger partial charge on any atom is 0.236 e. The highest BCUT2D eigenvalue weighted by molar-refractivity contribution is 8.13. The second kappa shape index (κ2) is 5.04. The Morgan fingerprint density at radius 3 is 2.26 bits per heavy atom. The van der Waals surface area contributed by atoms with Crippen molar-refractivity contribution in [1.82, 2.24) is 0 Å². The fourth-order valence-electron chi connectivity index (χ4n) is 1.69. The highest BCUT2D eigenvalue weighted by Crippen LogP contribution is 2.38. The van der Waals surface area contributed by atoms with Crippen molar-refractivity contribution in [2.45, 2.75) is 19.6 Å². The molecular formula is C12H14Cl2O4S. The van der Waals surface area contributed by atoms with Gasteiger partial charge in [-0.2, -0.15) is 0 Å². The monoisotopic (exact) mass is 324 g/mol. The standard InChI is InChI=1S/C12H14Cl2O4S/c1-12(2)6-17-10-3-8(5-19(14,15)16)9(13)4-11(10)18-7-12/h3-4H,5-7H2,1-2H3. The molecule has 106 valence electrons. The predicted molar refractivity (Wildman–Crippen MR) is 74.7 cm³/mol. The van der Waals surface area contributed by atoms with E-state index in [0.29, 0.717) is 35.3 Å². The van der Waals surface area contributed by atoms with Crippen LogP contribution >= 0.6 is 22.3 Å². The van der Waals surface area contributed by atoms with Gasteiger partial charge in [-0.15, -0.1) is 0 Å². The highest BCUT2D eigenvalue weighted by Gasteiger charge is 2.26. The van der Waals surface area contributed by atoms with Crippen LogP contribution < -0.4 is 9.47 Å². The number of fused-ring (bicyclic) bond motifs is 1. The molecule has 0 aliphatic carbocycles. The Balaban J connectivity index is 2.36.